The minimum absolute atomic E-state index is 0.0134. The second kappa shape index (κ2) is 9.39. The molecule has 0 saturated carbocycles. The van der Waals surface area contributed by atoms with E-state index < -0.39 is 29.1 Å². The molecule has 1 aliphatic heterocycles. The van der Waals surface area contributed by atoms with Crippen LogP contribution in [0.3, 0.4) is 0 Å². The van der Waals surface area contributed by atoms with Crippen LogP contribution in [-0.2, 0) is 18.2 Å². The van der Waals surface area contributed by atoms with Crippen molar-refractivity contribution in [2.45, 2.75) is 12.5 Å². The van der Waals surface area contributed by atoms with Crippen molar-refractivity contribution < 1.29 is 23.4 Å². The molecule has 0 bridgehead atoms. The molecule has 1 aliphatic rings. The molecule has 3 heterocycles. The molecule has 0 unspecified atom stereocenters. The van der Waals surface area contributed by atoms with Crippen molar-refractivity contribution in [3.05, 3.63) is 105 Å². The first-order chi connectivity index (χ1) is 18.9. The number of para-hydroxylation sites is 2. The summed E-state index contributed by atoms with van der Waals surface area (Å²) in [5.41, 5.74) is 2.45. The summed E-state index contributed by atoms with van der Waals surface area (Å²) in [6.45, 7) is 0.377. The zero-order valence-corrected chi connectivity index (χ0v) is 21.1. The molecule has 9 nitrogen and oxygen atoms in total. The van der Waals surface area contributed by atoms with Crippen molar-refractivity contribution in [3.63, 3.8) is 0 Å². The number of hydrogen-bond donors (Lipinski definition) is 1. The highest BCUT2D eigenvalue weighted by Gasteiger charge is 2.35. The van der Waals surface area contributed by atoms with E-state index in [4.69, 9.17) is 9.15 Å². The topological polar surface area (TPSA) is 111 Å². The van der Waals surface area contributed by atoms with E-state index in [0.29, 0.717) is 40.8 Å². The van der Waals surface area contributed by atoms with E-state index in [1.54, 1.807) is 59.5 Å². The Balaban J connectivity index is 1.57. The third kappa shape index (κ3) is 4.01. The zero-order valence-electron chi connectivity index (χ0n) is 21.1. The van der Waals surface area contributed by atoms with Gasteiger partial charge < -0.3 is 19.2 Å². The minimum Gasteiger partial charge on any atom is -0.501 e. The lowest BCUT2D eigenvalue weighted by molar-refractivity contribution is 0.0600. The van der Waals surface area contributed by atoms with Crippen LogP contribution >= 0.6 is 0 Å². The molecule has 10 heteroatoms. The second-order valence-corrected chi connectivity index (χ2v) is 9.23. The number of carbonyl (C=O) groups excluding carboxylic acids is 1. The number of halogens is 1. The number of rotatable bonds is 4. The largest absolute Gasteiger partial charge is 0.501 e. The van der Waals surface area contributed by atoms with Crippen molar-refractivity contribution in [2.75, 3.05) is 18.6 Å². The predicted octanol–water partition coefficient (Wildman–Crippen LogP) is 4.37. The molecule has 39 heavy (non-hydrogen) atoms. The third-order valence-corrected chi connectivity index (χ3v) is 6.99. The van der Waals surface area contributed by atoms with Crippen molar-refractivity contribution in [3.8, 4) is 17.3 Å². The average molecular weight is 527 g/mol. The van der Waals surface area contributed by atoms with E-state index in [9.17, 15) is 14.7 Å². The highest BCUT2D eigenvalue weighted by Crippen LogP contribution is 2.40. The highest BCUT2D eigenvalue weighted by atomic mass is 19.1. The summed E-state index contributed by atoms with van der Waals surface area (Å²) < 4.78 is 27.2. The van der Waals surface area contributed by atoms with Gasteiger partial charge in [0, 0.05) is 19.2 Å². The van der Waals surface area contributed by atoms with Gasteiger partial charge in [0.25, 0.3) is 11.4 Å². The number of methoxy groups -OCH3 is 1. The Labute approximate surface area is 221 Å². The first kappa shape index (κ1) is 24.4. The Morgan fingerprint density at radius 2 is 1.85 bits per heavy atom. The SMILES string of the molecule is COC(=O)c1ccc2c(c1)[C@@H](c1ccccc1F)N(c1nc(-c3nc4ccccc4o3)c(O)c(=O)n1C)CC2. The van der Waals surface area contributed by atoms with Crippen LogP contribution in [0.2, 0.25) is 0 Å². The summed E-state index contributed by atoms with van der Waals surface area (Å²) in [6, 6.07) is 17.8. The maximum Gasteiger partial charge on any atom is 0.337 e. The number of fused-ring (bicyclic) bond motifs is 2. The normalized spacial score (nSPS) is 14.8. The molecule has 6 rings (SSSR count). The lowest BCUT2D eigenvalue weighted by Gasteiger charge is -2.39. The standard InChI is InChI=1S/C29H23FN4O5/c1-33-27(36)25(35)23(26-31-21-9-5-6-10-22(21)39-26)32-29(33)34-14-13-16-11-12-17(28(37)38-2)15-19(16)24(34)18-7-3-4-8-20(18)30/h3-12,15,24,35H,13-14H2,1-2H3/t24-/m1/s1. The number of nitrogens with zero attached hydrogens (tertiary/aromatic N) is 4. The molecular weight excluding hydrogens is 503 g/mol. The quantitative estimate of drug-likeness (QED) is 0.344. The van der Waals surface area contributed by atoms with Gasteiger partial charge in [-0.3, -0.25) is 9.36 Å². The fraction of sp³-hybridized carbons (Fsp3) is 0.172. The molecule has 0 aliphatic carbocycles. The van der Waals surface area contributed by atoms with Crippen LogP contribution in [0.5, 0.6) is 5.75 Å². The molecule has 0 saturated heterocycles. The van der Waals surface area contributed by atoms with E-state index in [0.717, 1.165) is 5.56 Å². The molecule has 5 aromatic rings. The van der Waals surface area contributed by atoms with Crippen LogP contribution in [0.25, 0.3) is 22.7 Å². The average Bonchev–Trinajstić information content (AvgIpc) is 3.39. The summed E-state index contributed by atoms with van der Waals surface area (Å²) in [5, 5.41) is 10.8. The molecular formula is C29H23FN4O5. The van der Waals surface area contributed by atoms with E-state index in [2.05, 4.69) is 9.97 Å². The first-order valence-electron chi connectivity index (χ1n) is 12.3. The van der Waals surface area contributed by atoms with Gasteiger partial charge in [-0.15, -0.1) is 0 Å². The third-order valence-electron chi connectivity index (χ3n) is 6.99. The van der Waals surface area contributed by atoms with E-state index in [1.165, 1.54) is 24.8 Å². The fourth-order valence-electron chi connectivity index (χ4n) is 5.07. The van der Waals surface area contributed by atoms with Crippen LogP contribution < -0.4 is 10.5 Å². The molecule has 0 fully saturated rings. The Morgan fingerprint density at radius 3 is 2.62 bits per heavy atom. The highest BCUT2D eigenvalue weighted by molar-refractivity contribution is 5.89. The smallest absolute Gasteiger partial charge is 0.337 e. The van der Waals surface area contributed by atoms with Gasteiger partial charge in [0.15, 0.2) is 11.3 Å². The maximum atomic E-state index is 15.3. The summed E-state index contributed by atoms with van der Waals surface area (Å²) >= 11 is 0. The van der Waals surface area contributed by atoms with Crippen molar-refractivity contribution >= 4 is 23.0 Å². The molecule has 3 aromatic carbocycles. The summed E-state index contributed by atoms with van der Waals surface area (Å²) in [4.78, 5) is 36.4. The number of ether oxygens (including phenoxy) is 1. The van der Waals surface area contributed by atoms with Gasteiger partial charge in [-0.25, -0.2) is 19.2 Å². The second-order valence-electron chi connectivity index (χ2n) is 9.23. The van der Waals surface area contributed by atoms with Gasteiger partial charge in [0.05, 0.1) is 18.7 Å². The molecule has 2 aromatic heterocycles. The monoisotopic (exact) mass is 526 g/mol. The Kier molecular flexibility index (Phi) is 5.86. The van der Waals surface area contributed by atoms with Gasteiger partial charge >= 0.3 is 5.97 Å². The predicted molar refractivity (Wildman–Crippen MR) is 141 cm³/mol. The van der Waals surface area contributed by atoms with Crippen LogP contribution in [0, 0.1) is 5.82 Å². The first-order valence-corrected chi connectivity index (χ1v) is 12.3. The summed E-state index contributed by atoms with van der Waals surface area (Å²) in [6.07, 6.45) is 0.538. The van der Waals surface area contributed by atoms with Crippen molar-refractivity contribution in [1.82, 2.24) is 14.5 Å². The maximum absolute atomic E-state index is 15.3. The molecule has 1 N–H and O–H groups in total. The molecule has 0 amide bonds. The number of esters is 1. The fourth-order valence-corrected chi connectivity index (χ4v) is 5.07. The molecule has 1 atom stereocenters. The van der Waals surface area contributed by atoms with Crippen LogP contribution in [0.1, 0.15) is 33.1 Å². The van der Waals surface area contributed by atoms with Gasteiger partial charge in [-0.05, 0) is 47.9 Å². The molecule has 0 spiro atoms. The van der Waals surface area contributed by atoms with Gasteiger partial charge in [-0.1, -0.05) is 36.4 Å². The number of anilines is 1. The van der Waals surface area contributed by atoms with E-state index >= 15 is 4.39 Å². The summed E-state index contributed by atoms with van der Waals surface area (Å²) in [7, 11) is 2.78. The number of hydrogen-bond acceptors (Lipinski definition) is 8. The van der Waals surface area contributed by atoms with Gasteiger partial charge in [0.1, 0.15) is 11.3 Å². The lowest BCUT2D eigenvalue weighted by Crippen LogP contribution is -2.40. The lowest BCUT2D eigenvalue weighted by atomic mass is 9.87. The Hall–Kier alpha value is -4.99. The molecule has 196 valence electrons. The zero-order chi connectivity index (χ0) is 27.3. The van der Waals surface area contributed by atoms with E-state index in [1.807, 2.05) is 6.07 Å². The Bertz CT molecular complexity index is 1780. The number of oxazole rings is 1. The number of aromatic hydroxyl groups is 1. The number of aromatic nitrogens is 3. The van der Waals surface area contributed by atoms with Crippen molar-refractivity contribution in [2.24, 2.45) is 7.05 Å². The summed E-state index contributed by atoms with van der Waals surface area (Å²) in [5.74, 6) is -1.42. The van der Waals surface area contributed by atoms with Gasteiger partial charge in [-0.2, -0.15) is 0 Å². The number of carbonyl (C=O) groups is 1. The van der Waals surface area contributed by atoms with Crippen LogP contribution in [0.15, 0.2) is 75.9 Å². The van der Waals surface area contributed by atoms with Crippen LogP contribution in [0.4, 0.5) is 10.3 Å². The minimum atomic E-state index is -0.737. The van der Waals surface area contributed by atoms with Gasteiger partial charge in [0.2, 0.25) is 11.7 Å². The van der Waals surface area contributed by atoms with Crippen LogP contribution in [-0.4, -0.2) is 39.3 Å². The molecule has 0 radical (unpaired) electrons. The van der Waals surface area contributed by atoms with E-state index in [-0.39, 0.29) is 17.5 Å². The number of benzene rings is 3. The van der Waals surface area contributed by atoms with Crippen molar-refractivity contribution in [1.29, 1.82) is 0 Å². The Morgan fingerprint density at radius 1 is 1.08 bits per heavy atom.